The van der Waals surface area contributed by atoms with E-state index in [2.05, 4.69) is 16.3 Å². The quantitative estimate of drug-likeness (QED) is 0.715. The number of benzene rings is 1. The standard InChI is InChI=1S/C13H15N3/c14-10-5-3-4-9(8-10)13-11-6-1-2-7-12(11)15-16-13/h3-5,8H,1-2,6-7,14H2,(H,15,16). The lowest BCUT2D eigenvalue weighted by Gasteiger charge is -2.11. The van der Waals surface area contributed by atoms with E-state index in [9.17, 15) is 0 Å². The first-order valence-corrected chi connectivity index (χ1v) is 5.76. The van der Waals surface area contributed by atoms with Crippen molar-refractivity contribution < 1.29 is 0 Å². The van der Waals surface area contributed by atoms with Crippen molar-refractivity contribution in [2.75, 3.05) is 5.73 Å². The lowest BCUT2D eigenvalue weighted by Crippen LogP contribution is -2.01. The van der Waals surface area contributed by atoms with Gasteiger partial charge in [-0.25, -0.2) is 0 Å². The molecule has 3 rings (SSSR count). The van der Waals surface area contributed by atoms with Crippen LogP contribution in [0.25, 0.3) is 11.3 Å². The highest BCUT2D eigenvalue weighted by Crippen LogP contribution is 2.29. The first-order chi connectivity index (χ1) is 7.84. The predicted molar refractivity (Wildman–Crippen MR) is 65.1 cm³/mol. The van der Waals surface area contributed by atoms with Crippen molar-refractivity contribution in [3.05, 3.63) is 35.5 Å². The molecule has 1 aromatic heterocycles. The summed E-state index contributed by atoms with van der Waals surface area (Å²) in [5.74, 6) is 0. The maximum atomic E-state index is 5.80. The number of nitrogen functional groups attached to an aromatic ring is 1. The molecule has 0 bridgehead atoms. The highest BCUT2D eigenvalue weighted by atomic mass is 15.1. The summed E-state index contributed by atoms with van der Waals surface area (Å²) in [5, 5.41) is 7.58. The van der Waals surface area contributed by atoms with Crippen LogP contribution in [0, 0.1) is 0 Å². The molecular weight excluding hydrogens is 198 g/mol. The van der Waals surface area contributed by atoms with Crippen LogP contribution in [0.5, 0.6) is 0 Å². The van der Waals surface area contributed by atoms with Gasteiger partial charge in [-0.1, -0.05) is 12.1 Å². The highest BCUT2D eigenvalue weighted by molar-refractivity contribution is 5.67. The number of H-pyrrole nitrogens is 1. The maximum absolute atomic E-state index is 5.80. The van der Waals surface area contributed by atoms with Crippen molar-refractivity contribution in [2.24, 2.45) is 0 Å². The van der Waals surface area contributed by atoms with E-state index in [-0.39, 0.29) is 0 Å². The number of nitrogens with two attached hydrogens (primary N) is 1. The van der Waals surface area contributed by atoms with Crippen LogP contribution in [-0.4, -0.2) is 10.2 Å². The molecule has 3 nitrogen and oxygen atoms in total. The Hall–Kier alpha value is -1.77. The molecule has 0 saturated heterocycles. The van der Waals surface area contributed by atoms with E-state index in [1.807, 2.05) is 18.2 Å². The molecule has 0 fully saturated rings. The minimum Gasteiger partial charge on any atom is -0.399 e. The lowest BCUT2D eigenvalue weighted by molar-refractivity contribution is 0.675. The van der Waals surface area contributed by atoms with Crippen LogP contribution in [0.15, 0.2) is 24.3 Å². The number of hydrogen-bond acceptors (Lipinski definition) is 2. The third-order valence-electron chi connectivity index (χ3n) is 3.22. The van der Waals surface area contributed by atoms with Gasteiger partial charge >= 0.3 is 0 Å². The second kappa shape index (κ2) is 3.67. The van der Waals surface area contributed by atoms with Crippen LogP contribution < -0.4 is 5.73 Å². The molecule has 1 heterocycles. The number of aryl methyl sites for hydroxylation is 1. The summed E-state index contributed by atoms with van der Waals surface area (Å²) in [4.78, 5) is 0. The molecule has 0 saturated carbocycles. The zero-order valence-corrected chi connectivity index (χ0v) is 9.16. The molecule has 0 radical (unpaired) electrons. The normalized spacial score (nSPS) is 14.8. The van der Waals surface area contributed by atoms with Crippen molar-refractivity contribution >= 4 is 5.69 Å². The van der Waals surface area contributed by atoms with Gasteiger partial charge < -0.3 is 5.73 Å². The highest BCUT2D eigenvalue weighted by Gasteiger charge is 2.17. The smallest absolute Gasteiger partial charge is 0.0956 e. The van der Waals surface area contributed by atoms with Gasteiger partial charge in [0.05, 0.1) is 5.69 Å². The second-order valence-electron chi connectivity index (χ2n) is 4.36. The van der Waals surface area contributed by atoms with E-state index in [4.69, 9.17) is 5.73 Å². The number of aromatic amines is 1. The molecule has 82 valence electrons. The van der Waals surface area contributed by atoms with E-state index >= 15 is 0 Å². The summed E-state index contributed by atoms with van der Waals surface area (Å²) in [6, 6.07) is 7.95. The largest absolute Gasteiger partial charge is 0.399 e. The van der Waals surface area contributed by atoms with Gasteiger partial charge in [0, 0.05) is 22.5 Å². The summed E-state index contributed by atoms with van der Waals surface area (Å²) in [5.41, 5.74) is 11.5. The molecule has 3 N–H and O–H groups in total. The first-order valence-electron chi connectivity index (χ1n) is 5.76. The Morgan fingerprint density at radius 1 is 1.19 bits per heavy atom. The summed E-state index contributed by atoms with van der Waals surface area (Å²) >= 11 is 0. The fraction of sp³-hybridized carbons (Fsp3) is 0.308. The zero-order valence-electron chi connectivity index (χ0n) is 9.16. The van der Waals surface area contributed by atoms with E-state index in [0.29, 0.717) is 0 Å². The van der Waals surface area contributed by atoms with Crippen molar-refractivity contribution in [3.63, 3.8) is 0 Å². The SMILES string of the molecule is Nc1cccc(-c2n[nH]c3c2CCCC3)c1. The Labute approximate surface area is 94.7 Å². The average Bonchev–Trinajstić information content (AvgIpc) is 2.72. The average molecular weight is 213 g/mol. The summed E-state index contributed by atoms with van der Waals surface area (Å²) in [6.07, 6.45) is 4.80. The predicted octanol–water partition coefficient (Wildman–Crippen LogP) is 2.54. The summed E-state index contributed by atoms with van der Waals surface area (Å²) in [6.45, 7) is 0. The molecule has 0 atom stereocenters. The third kappa shape index (κ3) is 1.48. The maximum Gasteiger partial charge on any atom is 0.0956 e. The van der Waals surface area contributed by atoms with Gasteiger partial charge in [0.15, 0.2) is 0 Å². The summed E-state index contributed by atoms with van der Waals surface area (Å²) < 4.78 is 0. The van der Waals surface area contributed by atoms with Crippen LogP contribution in [0.2, 0.25) is 0 Å². The third-order valence-corrected chi connectivity index (χ3v) is 3.22. The van der Waals surface area contributed by atoms with E-state index in [1.54, 1.807) is 0 Å². The molecule has 0 spiro atoms. The lowest BCUT2D eigenvalue weighted by atomic mass is 9.93. The van der Waals surface area contributed by atoms with Crippen LogP contribution in [0.1, 0.15) is 24.1 Å². The van der Waals surface area contributed by atoms with Crippen LogP contribution in [0.3, 0.4) is 0 Å². The number of fused-ring (bicyclic) bond motifs is 1. The van der Waals surface area contributed by atoms with Gasteiger partial charge in [0.25, 0.3) is 0 Å². The van der Waals surface area contributed by atoms with Gasteiger partial charge in [-0.2, -0.15) is 5.10 Å². The molecule has 0 aliphatic heterocycles. The first kappa shape index (κ1) is 9.46. The molecule has 0 unspecified atom stereocenters. The van der Waals surface area contributed by atoms with E-state index in [1.165, 1.54) is 24.1 Å². The van der Waals surface area contributed by atoms with E-state index in [0.717, 1.165) is 29.8 Å². The zero-order chi connectivity index (χ0) is 11.0. The van der Waals surface area contributed by atoms with Crippen molar-refractivity contribution in [3.8, 4) is 11.3 Å². The number of nitrogens with one attached hydrogen (secondary N) is 1. The van der Waals surface area contributed by atoms with E-state index < -0.39 is 0 Å². The molecule has 0 amide bonds. The molecule has 1 aliphatic carbocycles. The molecule has 1 aliphatic rings. The Bertz CT molecular complexity index is 514. The minimum absolute atomic E-state index is 0.796. The molecular formula is C13H15N3. The molecule has 1 aromatic carbocycles. The monoisotopic (exact) mass is 213 g/mol. The topological polar surface area (TPSA) is 54.7 Å². The molecule has 2 aromatic rings. The minimum atomic E-state index is 0.796. The van der Waals surface area contributed by atoms with Crippen LogP contribution >= 0.6 is 0 Å². The van der Waals surface area contributed by atoms with Crippen LogP contribution in [-0.2, 0) is 12.8 Å². The van der Waals surface area contributed by atoms with Gasteiger partial charge in [0.1, 0.15) is 0 Å². The number of nitrogens with zero attached hydrogens (tertiary/aromatic N) is 1. The van der Waals surface area contributed by atoms with Gasteiger partial charge in [-0.3, -0.25) is 5.10 Å². The van der Waals surface area contributed by atoms with Crippen molar-refractivity contribution in [1.29, 1.82) is 0 Å². The number of rotatable bonds is 1. The van der Waals surface area contributed by atoms with Crippen molar-refractivity contribution in [1.82, 2.24) is 10.2 Å². The fourth-order valence-electron chi connectivity index (χ4n) is 2.41. The Kier molecular flexibility index (Phi) is 2.17. The number of anilines is 1. The Morgan fingerprint density at radius 3 is 2.94 bits per heavy atom. The molecule has 3 heteroatoms. The Balaban J connectivity index is 2.09. The van der Waals surface area contributed by atoms with Gasteiger partial charge in [-0.05, 0) is 37.8 Å². The fourth-order valence-corrected chi connectivity index (χ4v) is 2.41. The molecule has 16 heavy (non-hydrogen) atoms. The van der Waals surface area contributed by atoms with Gasteiger partial charge in [-0.15, -0.1) is 0 Å². The number of hydrogen-bond donors (Lipinski definition) is 2. The van der Waals surface area contributed by atoms with Crippen molar-refractivity contribution in [2.45, 2.75) is 25.7 Å². The van der Waals surface area contributed by atoms with Crippen LogP contribution in [0.4, 0.5) is 5.69 Å². The summed E-state index contributed by atoms with van der Waals surface area (Å²) in [7, 11) is 0. The Morgan fingerprint density at radius 2 is 2.06 bits per heavy atom. The van der Waals surface area contributed by atoms with Gasteiger partial charge in [0.2, 0.25) is 0 Å². The second-order valence-corrected chi connectivity index (χ2v) is 4.36. The number of aromatic nitrogens is 2.